The molecule has 0 saturated heterocycles. The zero-order chi connectivity index (χ0) is 26.2. The van der Waals surface area contributed by atoms with Crippen LogP contribution in [0.5, 0.6) is 11.5 Å². The Morgan fingerprint density at radius 3 is 2.43 bits per heavy atom. The van der Waals surface area contributed by atoms with Crippen molar-refractivity contribution in [2.24, 2.45) is 0 Å². The summed E-state index contributed by atoms with van der Waals surface area (Å²) >= 11 is 0. The molecule has 0 aliphatic carbocycles. The number of nitrogens with zero attached hydrogens (tertiary/aromatic N) is 1. The van der Waals surface area contributed by atoms with Crippen LogP contribution >= 0.6 is 0 Å². The van der Waals surface area contributed by atoms with Crippen molar-refractivity contribution in [2.75, 3.05) is 10.8 Å². The van der Waals surface area contributed by atoms with Gasteiger partial charge in [0.15, 0.2) is 6.10 Å². The fourth-order valence-corrected chi connectivity index (χ4v) is 6.64. The van der Waals surface area contributed by atoms with E-state index in [1.807, 2.05) is 37.3 Å². The van der Waals surface area contributed by atoms with Gasteiger partial charge in [-0.1, -0.05) is 56.3 Å². The molecule has 0 aromatic heterocycles. The lowest BCUT2D eigenvalue weighted by atomic mass is 9.83. The smallest absolute Gasteiger partial charge is 0.264 e. The summed E-state index contributed by atoms with van der Waals surface area (Å²) < 4.78 is 41.1. The number of benzene rings is 3. The molecule has 1 N–H and O–H groups in total. The van der Waals surface area contributed by atoms with Gasteiger partial charge >= 0.3 is 0 Å². The first-order valence-electron chi connectivity index (χ1n) is 12.7. The topological polar surface area (TPSA) is 84.9 Å². The minimum absolute atomic E-state index is 0.128. The first kappa shape index (κ1) is 25.1. The first-order valence-corrected chi connectivity index (χ1v) is 14.1. The quantitative estimate of drug-likeness (QED) is 0.486. The van der Waals surface area contributed by atoms with Crippen LogP contribution in [0.25, 0.3) is 0 Å². The fourth-order valence-electron chi connectivity index (χ4n) is 5.14. The van der Waals surface area contributed by atoms with Crippen molar-refractivity contribution in [3.8, 4) is 11.5 Å². The second-order valence-electron chi connectivity index (χ2n) is 9.72. The highest BCUT2D eigenvalue weighted by atomic mass is 32.2. The third-order valence-corrected chi connectivity index (χ3v) is 9.20. The predicted molar refractivity (Wildman–Crippen MR) is 142 cm³/mol. The van der Waals surface area contributed by atoms with Gasteiger partial charge in [0.2, 0.25) is 0 Å². The second kappa shape index (κ2) is 9.74. The van der Waals surface area contributed by atoms with Crippen LogP contribution in [0.4, 0.5) is 5.69 Å². The van der Waals surface area contributed by atoms with E-state index in [0.717, 1.165) is 29.7 Å². The lowest BCUT2D eigenvalue weighted by molar-refractivity contribution is -0.129. The van der Waals surface area contributed by atoms with Crippen LogP contribution in [0.15, 0.2) is 77.7 Å². The Morgan fingerprint density at radius 2 is 1.70 bits per heavy atom. The second-order valence-corrected chi connectivity index (χ2v) is 11.6. The Kier molecular flexibility index (Phi) is 6.62. The summed E-state index contributed by atoms with van der Waals surface area (Å²) in [4.78, 5) is 13.8. The Morgan fingerprint density at radius 1 is 1.00 bits per heavy atom. The molecule has 8 heteroatoms. The summed E-state index contributed by atoms with van der Waals surface area (Å²) in [5.74, 6) is 0.777. The van der Waals surface area contributed by atoms with Crippen molar-refractivity contribution in [3.05, 3.63) is 83.9 Å². The Balaban J connectivity index is 1.47. The van der Waals surface area contributed by atoms with E-state index < -0.39 is 16.1 Å². The Hall–Kier alpha value is -3.52. The molecule has 0 spiro atoms. The van der Waals surface area contributed by atoms with E-state index in [2.05, 4.69) is 19.2 Å². The van der Waals surface area contributed by atoms with Gasteiger partial charge in [-0.15, -0.1) is 0 Å². The van der Waals surface area contributed by atoms with Crippen molar-refractivity contribution in [3.63, 3.8) is 0 Å². The minimum atomic E-state index is -3.91. The predicted octanol–water partition coefficient (Wildman–Crippen LogP) is 5.15. The van der Waals surface area contributed by atoms with Gasteiger partial charge < -0.3 is 14.8 Å². The van der Waals surface area contributed by atoms with Crippen LogP contribution in [-0.2, 0) is 14.8 Å². The molecule has 194 valence electrons. The summed E-state index contributed by atoms with van der Waals surface area (Å²) in [7, 11) is -3.91. The molecule has 0 radical (unpaired) electrons. The standard InChI is InChI=1S/C29H32N2O5S/c1-4-29(5-2)18-23(22-13-9-10-14-25(22)36-29)30-28(32)27-19-31(24-16-15-20(3)17-26(24)35-27)37(33,34)21-11-7-6-8-12-21/h6-17,23,27H,4-5,18-19H2,1-3H3,(H,30,32)/t23-,27+/m1/s1. The monoisotopic (exact) mass is 520 g/mol. The maximum absolute atomic E-state index is 13.7. The number of rotatable bonds is 6. The zero-order valence-corrected chi connectivity index (χ0v) is 22.1. The molecule has 0 saturated carbocycles. The van der Waals surface area contributed by atoms with Gasteiger partial charge in [0.25, 0.3) is 15.9 Å². The van der Waals surface area contributed by atoms with Gasteiger partial charge in [0, 0.05) is 12.0 Å². The number of amides is 1. The van der Waals surface area contributed by atoms with E-state index >= 15 is 0 Å². The third kappa shape index (κ3) is 4.66. The Labute approximate surface area is 218 Å². The number of hydrogen-bond acceptors (Lipinski definition) is 5. The molecule has 2 heterocycles. The van der Waals surface area contributed by atoms with Crippen molar-refractivity contribution < 1.29 is 22.7 Å². The summed E-state index contributed by atoms with van der Waals surface area (Å²) in [6.45, 7) is 5.95. The van der Waals surface area contributed by atoms with E-state index in [9.17, 15) is 13.2 Å². The van der Waals surface area contributed by atoms with Crippen molar-refractivity contribution in [1.82, 2.24) is 5.32 Å². The molecule has 0 fully saturated rings. The van der Waals surface area contributed by atoms with Gasteiger partial charge in [-0.25, -0.2) is 8.42 Å². The highest BCUT2D eigenvalue weighted by molar-refractivity contribution is 7.92. The number of sulfonamides is 1. The molecule has 0 unspecified atom stereocenters. The van der Waals surface area contributed by atoms with Crippen molar-refractivity contribution in [1.29, 1.82) is 0 Å². The molecule has 3 aromatic carbocycles. The van der Waals surface area contributed by atoms with E-state index in [4.69, 9.17) is 9.47 Å². The highest BCUT2D eigenvalue weighted by Crippen LogP contribution is 2.43. The van der Waals surface area contributed by atoms with Crippen LogP contribution in [0.2, 0.25) is 0 Å². The summed E-state index contributed by atoms with van der Waals surface area (Å²) in [5.41, 5.74) is 1.86. The molecule has 7 nitrogen and oxygen atoms in total. The normalized spacial score (nSPS) is 20.1. The Bertz CT molecular complexity index is 1400. The van der Waals surface area contributed by atoms with E-state index in [1.165, 1.54) is 4.31 Å². The molecule has 37 heavy (non-hydrogen) atoms. The lowest BCUT2D eigenvalue weighted by Gasteiger charge is -2.42. The van der Waals surface area contributed by atoms with Gasteiger partial charge in [-0.05, 0) is 55.7 Å². The average molecular weight is 521 g/mol. The van der Waals surface area contributed by atoms with Crippen LogP contribution in [0, 0.1) is 6.92 Å². The maximum atomic E-state index is 13.7. The third-order valence-electron chi connectivity index (χ3n) is 7.41. The number of nitrogens with one attached hydrogen (secondary N) is 1. The van der Waals surface area contributed by atoms with Crippen molar-refractivity contribution >= 4 is 21.6 Å². The van der Waals surface area contributed by atoms with Crippen LogP contribution < -0.4 is 19.1 Å². The highest BCUT2D eigenvalue weighted by Gasteiger charge is 2.42. The lowest BCUT2D eigenvalue weighted by Crippen LogP contribution is -2.52. The van der Waals surface area contributed by atoms with E-state index in [-0.39, 0.29) is 29.0 Å². The molecule has 3 aromatic rings. The van der Waals surface area contributed by atoms with Crippen LogP contribution in [0.3, 0.4) is 0 Å². The van der Waals surface area contributed by atoms with Gasteiger partial charge in [-0.3, -0.25) is 9.10 Å². The number of hydrogen-bond donors (Lipinski definition) is 1. The molecule has 2 aliphatic heterocycles. The first-order chi connectivity index (χ1) is 17.8. The fraction of sp³-hybridized carbons (Fsp3) is 0.345. The summed E-state index contributed by atoms with van der Waals surface area (Å²) in [6, 6.07) is 21.0. The number of para-hydroxylation sites is 1. The van der Waals surface area contributed by atoms with E-state index in [0.29, 0.717) is 17.9 Å². The van der Waals surface area contributed by atoms with E-state index in [1.54, 1.807) is 42.5 Å². The van der Waals surface area contributed by atoms with Gasteiger partial charge in [0.1, 0.15) is 17.1 Å². The SMILES string of the molecule is CCC1(CC)C[C@@H](NC(=O)[C@@H]2CN(S(=O)(=O)c3ccccc3)c3ccc(C)cc3O2)c2ccccc2O1. The molecule has 5 rings (SSSR count). The minimum Gasteiger partial charge on any atom is -0.487 e. The number of anilines is 1. The molecular weight excluding hydrogens is 488 g/mol. The number of fused-ring (bicyclic) bond motifs is 2. The largest absolute Gasteiger partial charge is 0.487 e. The zero-order valence-electron chi connectivity index (χ0n) is 21.3. The molecule has 1 amide bonds. The number of carbonyl (C=O) groups excluding carboxylic acids is 1. The number of ether oxygens (including phenoxy) is 2. The number of aryl methyl sites for hydroxylation is 1. The van der Waals surface area contributed by atoms with Gasteiger partial charge in [0.05, 0.1) is 23.2 Å². The molecule has 2 aliphatic rings. The van der Waals surface area contributed by atoms with Crippen LogP contribution in [0.1, 0.15) is 50.3 Å². The van der Waals surface area contributed by atoms with Crippen LogP contribution in [-0.4, -0.2) is 32.6 Å². The average Bonchev–Trinajstić information content (AvgIpc) is 2.92. The molecule has 2 atom stereocenters. The summed E-state index contributed by atoms with van der Waals surface area (Å²) in [5, 5.41) is 3.16. The maximum Gasteiger partial charge on any atom is 0.264 e. The summed E-state index contributed by atoms with van der Waals surface area (Å²) in [6.07, 6.45) is 1.22. The molecule has 0 bridgehead atoms. The van der Waals surface area contributed by atoms with Crippen molar-refractivity contribution in [2.45, 2.75) is 62.7 Å². The van der Waals surface area contributed by atoms with Gasteiger partial charge in [-0.2, -0.15) is 0 Å². The number of carbonyl (C=O) groups is 1. The molecular formula is C29H32N2O5S.